The highest BCUT2D eigenvalue weighted by Gasteiger charge is 2.21. The molecule has 152 valence electrons. The monoisotopic (exact) mass is 413 g/mol. The van der Waals surface area contributed by atoms with E-state index in [1.807, 2.05) is 30.9 Å². The zero-order chi connectivity index (χ0) is 20.8. The summed E-state index contributed by atoms with van der Waals surface area (Å²) in [6, 6.07) is 11.1. The third-order valence-corrected chi connectivity index (χ3v) is 4.75. The standard InChI is InChI=1S/C20H23N5O3S/c1-14-3-5-17(15(2)11-14)22-20(29)23-21-13-16-4-6-18(19(12-16)25(26)27)24-7-9-28-10-8-24/h3-6,11-13H,7-10H2,1-2H3,(H2,22,23,29). The molecule has 9 heteroatoms. The number of aryl methyl sites for hydroxylation is 2. The summed E-state index contributed by atoms with van der Waals surface area (Å²) in [6.45, 7) is 6.42. The lowest BCUT2D eigenvalue weighted by molar-refractivity contribution is -0.384. The van der Waals surface area contributed by atoms with Crippen LogP contribution in [0.15, 0.2) is 41.5 Å². The molecule has 0 aliphatic carbocycles. The molecule has 0 atom stereocenters. The number of nitrogens with zero attached hydrogens (tertiary/aromatic N) is 3. The molecule has 1 aliphatic rings. The predicted octanol–water partition coefficient (Wildman–Crippen LogP) is 3.37. The van der Waals surface area contributed by atoms with Gasteiger partial charge in [-0.05, 0) is 43.8 Å². The Labute approximate surface area is 174 Å². The molecule has 1 heterocycles. The number of morpholine rings is 1. The van der Waals surface area contributed by atoms with Gasteiger partial charge in [-0.1, -0.05) is 23.8 Å². The SMILES string of the molecule is Cc1ccc(NC(=S)NN=Cc2ccc(N3CCOCC3)c([N+](=O)[O-])c2)c(C)c1. The minimum Gasteiger partial charge on any atom is -0.378 e. The van der Waals surface area contributed by atoms with Crippen LogP contribution in [0.4, 0.5) is 17.1 Å². The molecule has 0 unspecified atom stereocenters. The number of hydrazone groups is 1. The van der Waals surface area contributed by atoms with Gasteiger partial charge in [0.25, 0.3) is 5.69 Å². The van der Waals surface area contributed by atoms with Crippen LogP contribution < -0.4 is 15.6 Å². The van der Waals surface area contributed by atoms with Crippen molar-refractivity contribution in [3.8, 4) is 0 Å². The molecule has 8 nitrogen and oxygen atoms in total. The predicted molar refractivity (Wildman–Crippen MR) is 119 cm³/mol. The van der Waals surface area contributed by atoms with E-state index < -0.39 is 0 Å². The average molecular weight is 414 g/mol. The van der Waals surface area contributed by atoms with E-state index in [1.165, 1.54) is 17.8 Å². The number of hydrogen-bond donors (Lipinski definition) is 2. The fourth-order valence-corrected chi connectivity index (χ4v) is 3.27. The second kappa shape index (κ2) is 9.44. The fraction of sp³-hybridized carbons (Fsp3) is 0.300. The van der Waals surface area contributed by atoms with Crippen molar-refractivity contribution in [2.45, 2.75) is 13.8 Å². The van der Waals surface area contributed by atoms with Crippen LogP contribution in [0.3, 0.4) is 0 Å². The number of nitro groups is 1. The van der Waals surface area contributed by atoms with Crippen LogP contribution in [-0.2, 0) is 4.74 Å². The van der Waals surface area contributed by atoms with Crippen molar-refractivity contribution in [2.24, 2.45) is 5.10 Å². The van der Waals surface area contributed by atoms with E-state index in [0.29, 0.717) is 42.7 Å². The highest BCUT2D eigenvalue weighted by Crippen LogP contribution is 2.29. The fourth-order valence-electron chi connectivity index (χ4n) is 3.11. The third-order valence-electron chi connectivity index (χ3n) is 4.56. The Kier molecular flexibility index (Phi) is 6.73. The van der Waals surface area contributed by atoms with Crippen molar-refractivity contribution in [3.63, 3.8) is 0 Å². The van der Waals surface area contributed by atoms with E-state index in [0.717, 1.165) is 11.3 Å². The molecule has 29 heavy (non-hydrogen) atoms. The van der Waals surface area contributed by atoms with Crippen LogP contribution in [0.5, 0.6) is 0 Å². The first-order valence-corrected chi connectivity index (χ1v) is 9.63. The summed E-state index contributed by atoms with van der Waals surface area (Å²) < 4.78 is 5.32. The molecule has 0 aromatic heterocycles. The highest BCUT2D eigenvalue weighted by molar-refractivity contribution is 7.80. The second-order valence-electron chi connectivity index (χ2n) is 6.75. The maximum atomic E-state index is 11.5. The van der Waals surface area contributed by atoms with Crippen LogP contribution >= 0.6 is 12.2 Å². The van der Waals surface area contributed by atoms with Gasteiger partial charge in [0.2, 0.25) is 0 Å². The molecule has 0 saturated carbocycles. The Bertz CT molecular complexity index is 942. The summed E-state index contributed by atoms with van der Waals surface area (Å²) in [4.78, 5) is 13.1. The first-order valence-electron chi connectivity index (χ1n) is 9.22. The molecule has 2 aromatic carbocycles. The van der Waals surface area contributed by atoms with Crippen LogP contribution in [0.1, 0.15) is 16.7 Å². The summed E-state index contributed by atoms with van der Waals surface area (Å²) in [6.07, 6.45) is 1.51. The molecular formula is C20H23N5O3S. The van der Waals surface area contributed by atoms with Crippen molar-refractivity contribution in [2.75, 3.05) is 36.5 Å². The highest BCUT2D eigenvalue weighted by atomic mass is 32.1. The normalized spacial score (nSPS) is 14.1. The lowest BCUT2D eigenvalue weighted by atomic mass is 10.1. The van der Waals surface area contributed by atoms with Crippen molar-refractivity contribution >= 4 is 40.6 Å². The zero-order valence-corrected chi connectivity index (χ0v) is 17.2. The topological polar surface area (TPSA) is 92.0 Å². The smallest absolute Gasteiger partial charge is 0.293 e. The molecule has 0 bridgehead atoms. The average Bonchev–Trinajstić information content (AvgIpc) is 2.70. The summed E-state index contributed by atoms with van der Waals surface area (Å²) in [5.74, 6) is 0. The maximum Gasteiger partial charge on any atom is 0.293 e. The van der Waals surface area contributed by atoms with E-state index in [-0.39, 0.29) is 10.6 Å². The quantitative estimate of drug-likeness (QED) is 0.336. The van der Waals surface area contributed by atoms with E-state index >= 15 is 0 Å². The number of nitro benzene ring substituents is 1. The van der Waals surface area contributed by atoms with Gasteiger partial charge in [-0.2, -0.15) is 5.10 Å². The molecule has 2 N–H and O–H groups in total. The summed E-state index contributed by atoms with van der Waals surface area (Å²) in [5, 5.41) is 19.0. The van der Waals surface area contributed by atoms with Gasteiger partial charge in [-0.3, -0.25) is 15.5 Å². The molecule has 0 amide bonds. The van der Waals surface area contributed by atoms with Crippen molar-refractivity contribution in [3.05, 3.63) is 63.2 Å². The van der Waals surface area contributed by atoms with Gasteiger partial charge >= 0.3 is 0 Å². The van der Waals surface area contributed by atoms with Crippen LogP contribution in [0.25, 0.3) is 0 Å². The van der Waals surface area contributed by atoms with Gasteiger partial charge in [-0.25, -0.2) is 0 Å². The summed E-state index contributed by atoms with van der Waals surface area (Å²) >= 11 is 5.25. The van der Waals surface area contributed by atoms with Gasteiger partial charge in [0, 0.05) is 30.4 Å². The molecule has 1 saturated heterocycles. The number of thiocarbonyl (C=S) groups is 1. The largest absolute Gasteiger partial charge is 0.378 e. The Hall–Kier alpha value is -3.04. The molecule has 2 aromatic rings. The van der Waals surface area contributed by atoms with Crippen LogP contribution in [0, 0.1) is 24.0 Å². The summed E-state index contributed by atoms with van der Waals surface area (Å²) in [5.41, 5.74) is 7.14. The number of hydrogen-bond acceptors (Lipinski definition) is 6. The van der Waals surface area contributed by atoms with Crippen molar-refractivity contribution < 1.29 is 9.66 Å². The van der Waals surface area contributed by atoms with E-state index in [1.54, 1.807) is 12.1 Å². The third kappa shape index (κ3) is 5.49. The Morgan fingerprint density at radius 2 is 2.00 bits per heavy atom. The van der Waals surface area contributed by atoms with Crippen LogP contribution in [-0.4, -0.2) is 42.6 Å². The number of rotatable bonds is 5. The zero-order valence-electron chi connectivity index (χ0n) is 16.3. The minimum atomic E-state index is -0.373. The minimum absolute atomic E-state index is 0.0480. The van der Waals surface area contributed by atoms with Gasteiger partial charge in [0.1, 0.15) is 5.69 Å². The molecule has 1 fully saturated rings. The first-order chi connectivity index (χ1) is 13.9. The van der Waals surface area contributed by atoms with E-state index in [4.69, 9.17) is 17.0 Å². The number of ether oxygens (including phenoxy) is 1. The molecule has 0 radical (unpaired) electrons. The van der Waals surface area contributed by atoms with Crippen molar-refractivity contribution in [1.29, 1.82) is 0 Å². The van der Waals surface area contributed by atoms with Gasteiger partial charge < -0.3 is 15.0 Å². The van der Waals surface area contributed by atoms with E-state index in [2.05, 4.69) is 21.9 Å². The van der Waals surface area contributed by atoms with Crippen molar-refractivity contribution in [1.82, 2.24) is 5.43 Å². The molecule has 3 rings (SSSR count). The molecular weight excluding hydrogens is 390 g/mol. The number of anilines is 2. The Morgan fingerprint density at radius 3 is 2.69 bits per heavy atom. The molecule has 0 spiro atoms. The van der Waals surface area contributed by atoms with E-state index in [9.17, 15) is 10.1 Å². The number of nitrogens with one attached hydrogen (secondary N) is 2. The van der Waals surface area contributed by atoms with Gasteiger partial charge in [0.05, 0.1) is 24.4 Å². The second-order valence-corrected chi connectivity index (χ2v) is 7.16. The van der Waals surface area contributed by atoms with Crippen LogP contribution in [0.2, 0.25) is 0 Å². The number of benzene rings is 2. The Balaban J connectivity index is 1.66. The summed E-state index contributed by atoms with van der Waals surface area (Å²) in [7, 11) is 0. The Morgan fingerprint density at radius 1 is 1.24 bits per heavy atom. The van der Waals surface area contributed by atoms with Gasteiger partial charge in [-0.15, -0.1) is 0 Å². The lowest BCUT2D eigenvalue weighted by Gasteiger charge is -2.28. The lowest BCUT2D eigenvalue weighted by Crippen LogP contribution is -2.36. The maximum absolute atomic E-state index is 11.5. The molecule has 1 aliphatic heterocycles. The van der Waals surface area contributed by atoms with Gasteiger partial charge in [0.15, 0.2) is 5.11 Å². The first kappa shape index (κ1) is 20.7.